The van der Waals surface area contributed by atoms with E-state index in [4.69, 9.17) is 5.73 Å². The van der Waals surface area contributed by atoms with Gasteiger partial charge in [0.2, 0.25) is 0 Å². The van der Waals surface area contributed by atoms with E-state index in [9.17, 15) is 0 Å². The molecule has 0 saturated carbocycles. The molecule has 0 aliphatic carbocycles. The van der Waals surface area contributed by atoms with Crippen molar-refractivity contribution >= 4 is 53.0 Å². The monoisotopic (exact) mass is 411 g/mol. The lowest BCUT2D eigenvalue weighted by molar-refractivity contribution is 0.450. The van der Waals surface area contributed by atoms with Crippen molar-refractivity contribution in [2.75, 3.05) is 31.1 Å². The second kappa shape index (κ2) is 7.73. The summed E-state index contributed by atoms with van der Waals surface area (Å²) in [5.41, 5.74) is 6.15. The molecule has 6 heteroatoms. The van der Waals surface area contributed by atoms with Gasteiger partial charge in [-0.25, -0.2) is 0 Å². The summed E-state index contributed by atoms with van der Waals surface area (Å²) in [6.07, 6.45) is 0. The third kappa shape index (κ3) is 4.82. The SMILES string of the molecule is CC(C)(CN=C(N)N1CCSCC1)c1cccs1.I. The van der Waals surface area contributed by atoms with E-state index in [1.165, 1.54) is 4.88 Å². The fourth-order valence-corrected chi connectivity index (χ4v) is 3.66. The van der Waals surface area contributed by atoms with E-state index in [2.05, 4.69) is 41.3 Å². The Kier molecular flexibility index (Phi) is 6.96. The lowest BCUT2D eigenvalue weighted by atomic mass is 9.92. The van der Waals surface area contributed by atoms with Crippen molar-refractivity contribution in [3.63, 3.8) is 0 Å². The van der Waals surface area contributed by atoms with Crippen LogP contribution in [0.4, 0.5) is 0 Å². The molecule has 108 valence electrons. The summed E-state index contributed by atoms with van der Waals surface area (Å²) < 4.78 is 0. The summed E-state index contributed by atoms with van der Waals surface area (Å²) in [6, 6.07) is 4.27. The smallest absolute Gasteiger partial charge is 0.191 e. The molecule has 2 N–H and O–H groups in total. The van der Waals surface area contributed by atoms with Crippen LogP contribution in [0.2, 0.25) is 0 Å². The largest absolute Gasteiger partial charge is 0.370 e. The van der Waals surface area contributed by atoms with Crippen molar-refractivity contribution in [2.24, 2.45) is 10.7 Å². The third-order valence-electron chi connectivity index (χ3n) is 3.16. The summed E-state index contributed by atoms with van der Waals surface area (Å²) in [4.78, 5) is 8.16. The van der Waals surface area contributed by atoms with Gasteiger partial charge in [0.15, 0.2) is 5.96 Å². The van der Waals surface area contributed by atoms with Crippen LogP contribution in [0.3, 0.4) is 0 Å². The first kappa shape index (κ1) is 17.1. The molecule has 1 aliphatic heterocycles. The van der Waals surface area contributed by atoms with Crippen molar-refractivity contribution in [1.29, 1.82) is 0 Å². The van der Waals surface area contributed by atoms with Gasteiger partial charge in [0.1, 0.15) is 0 Å². The minimum atomic E-state index is 0. The normalized spacial score (nSPS) is 17.2. The number of hydrogen-bond acceptors (Lipinski definition) is 3. The van der Waals surface area contributed by atoms with Gasteiger partial charge in [0.05, 0.1) is 6.54 Å². The topological polar surface area (TPSA) is 41.6 Å². The Balaban J connectivity index is 0.00000180. The Morgan fingerprint density at radius 2 is 2.11 bits per heavy atom. The van der Waals surface area contributed by atoms with Gasteiger partial charge in [-0.1, -0.05) is 19.9 Å². The van der Waals surface area contributed by atoms with Crippen LogP contribution in [0.25, 0.3) is 0 Å². The summed E-state index contributed by atoms with van der Waals surface area (Å²) in [6.45, 7) is 7.26. The molecule has 2 rings (SSSR count). The molecule has 0 radical (unpaired) electrons. The van der Waals surface area contributed by atoms with Crippen LogP contribution >= 0.6 is 47.1 Å². The Labute approximate surface area is 141 Å². The fourth-order valence-electron chi connectivity index (χ4n) is 1.91. The molecule has 1 fully saturated rings. The maximum absolute atomic E-state index is 6.08. The van der Waals surface area contributed by atoms with Crippen molar-refractivity contribution in [3.8, 4) is 0 Å². The van der Waals surface area contributed by atoms with Crippen LogP contribution < -0.4 is 5.73 Å². The maximum Gasteiger partial charge on any atom is 0.191 e. The van der Waals surface area contributed by atoms with E-state index in [1.807, 2.05) is 11.8 Å². The number of aliphatic imine (C=N–C) groups is 1. The first-order valence-corrected chi connectivity index (χ1v) is 8.29. The first-order valence-electron chi connectivity index (χ1n) is 6.26. The Hall–Kier alpha value is 0.0500. The van der Waals surface area contributed by atoms with Gasteiger partial charge in [-0.05, 0) is 11.4 Å². The van der Waals surface area contributed by atoms with Crippen LogP contribution in [0.15, 0.2) is 22.5 Å². The highest BCUT2D eigenvalue weighted by Gasteiger charge is 2.22. The van der Waals surface area contributed by atoms with Crippen LogP contribution in [0.1, 0.15) is 18.7 Å². The van der Waals surface area contributed by atoms with Gasteiger partial charge < -0.3 is 10.6 Å². The summed E-state index contributed by atoms with van der Waals surface area (Å²) in [5.74, 6) is 3.02. The number of thioether (sulfide) groups is 1. The van der Waals surface area contributed by atoms with Crippen molar-refractivity contribution in [2.45, 2.75) is 19.3 Å². The molecule has 0 atom stereocenters. The average molecular weight is 411 g/mol. The number of thiophene rings is 1. The Morgan fingerprint density at radius 1 is 1.42 bits per heavy atom. The molecule has 1 aliphatic rings. The second-order valence-electron chi connectivity index (χ2n) is 5.14. The summed E-state index contributed by atoms with van der Waals surface area (Å²) >= 11 is 3.78. The summed E-state index contributed by atoms with van der Waals surface area (Å²) in [5, 5.41) is 2.12. The number of rotatable bonds is 3. The number of hydrogen-bond donors (Lipinski definition) is 1. The lowest BCUT2D eigenvalue weighted by Crippen LogP contribution is -2.43. The van der Waals surface area contributed by atoms with E-state index in [0.29, 0.717) is 5.96 Å². The Morgan fingerprint density at radius 3 is 2.68 bits per heavy atom. The molecule has 19 heavy (non-hydrogen) atoms. The van der Waals surface area contributed by atoms with E-state index in [1.54, 1.807) is 11.3 Å². The van der Waals surface area contributed by atoms with Crippen molar-refractivity contribution in [3.05, 3.63) is 22.4 Å². The molecule has 3 nitrogen and oxygen atoms in total. The van der Waals surface area contributed by atoms with Gasteiger partial charge >= 0.3 is 0 Å². The summed E-state index contributed by atoms with van der Waals surface area (Å²) in [7, 11) is 0. The predicted octanol–water partition coefficient (Wildman–Crippen LogP) is 3.01. The molecule has 0 bridgehead atoms. The van der Waals surface area contributed by atoms with Crippen LogP contribution in [-0.2, 0) is 5.41 Å². The van der Waals surface area contributed by atoms with Crippen LogP contribution in [0.5, 0.6) is 0 Å². The van der Waals surface area contributed by atoms with Crippen molar-refractivity contribution in [1.82, 2.24) is 4.90 Å². The Bertz CT molecular complexity index is 398. The molecule has 0 unspecified atom stereocenters. The number of halogens is 1. The maximum atomic E-state index is 6.08. The van der Waals surface area contributed by atoms with E-state index >= 15 is 0 Å². The van der Waals surface area contributed by atoms with E-state index in [-0.39, 0.29) is 29.4 Å². The highest BCUT2D eigenvalue weighted by Crippen LogP contribution is 2.27. The standard InChI is InChI=1S/C13H21N3S2.HI/c1-13(2,11-4-3-7-18-11)10-15-12(14)16-5-8-17-9-6-16;/h3-4,7H,5-6,8-10H2,1-2H3,(H2,14,15);1H. The quantitative estimate of drug-likeness (QED) is 0.473. The molecule has 0 aromatic carbocycles. The molecule has 2 heterocycles. The van der Waals surface area contributed by atoms with Gasteiger partial charge in [-0.3, -0.25) is 4.99 Å². The zero-order chi connectivity index (χ0) is 13.0. The van der Waals surface area contributed by atoms with Gasteiger partial charge in [0, 0.05) is 34.9 Å². The minimum absolute atomic E-state index is 0. The van der Waals surface area contributed by atoms with Crippen LogP contribution in [0, 0.1) is 0 Å². The molecular formula is C13H22IN3S2. The number of guanidine groups is 1. The molecule has 0 amide bonds. The first-order chi connectivity index (χ1) is 8.59. The second-order valence-corrected chi connectivity index (χ2v) is 7.31. The number of nitrogens with two attached hydrogens (primary N) is 1. The molecule has 1 saturated heterocycles. The lowest BCUT2D eigenvalue weighted by Gasteiger charge is -2.28. The van der Waals surface area contributed by atoms with Gasteiger partial charge in [0.25, 0.3) is 0 Å². The highest BCUT2D eigenvalue weighted by atomic mass is 127. The minimum Gasteiger partial charge on any atom is -0.370 e. The highest BCUT2D eigenvalue weighted by molar-refractivity contribution is 14.0. The van der Waals surface area contributed by atoms with E-state index < -0.39 is 0 Å². The third-order valence-corrected chi connectivity index (χ3v) is 5.34. The zero-order valence-corrected chi connectivity index (χ0v) is 15.4. The molecule has 1 aromatic heterocycles. The number of nitrogens with zero attached hydrogens (tertiary/aromatic N) is 2. The van der Waals surface area contributed by atoms with Crippen molar-refractivity contribution < 1.29 is 0 Å². The average Bonchev–Trinajstić information content (AvgIpc) is 2.92. The van der Waals surface area contributed by atoms with Gasteiger partial charge in [-0.2, -0.15) is 11.8 Å². The molecular weight excluding hydrogens is 389 g/mol. The van der Waals surface area contributed by atoms with Crippen LogP contribution in [-0.4, -0.2) is 42.0 Å². The van der Waals surface area contributed by atoms with Gasteiger partial charge in [-0.15, -0.1) is 35.3 Å². The fraction of sp³-hybridized carbons (Fsp3) is 0.615. The van der Waals surface area contributed by atoms with E-state index in [0.717, 1.165) is 31.1 Å². The zero-order valence-electron chi connectivity index (χ0n) is 11.5. The predicted molar refractivity (Wildman–Crippen MR) is 98.1 cm³/mol. The molecule has 1 aromatic rings. The molecule has 0 spiro atoms.